The molecule has 5 unspecified atom stereocenters. The smallest absolute Gasteiger partial charge is 0.326 e. The molecular formula is C24H44N10O5. The van der Waals surface area contributed by atoms with E-state index in [0.717, 1.165) is 0 Å². The van der Waals surface area contributed by atoms with E-state index in [1.807, 2.05) is 13.8 Å². The van der Waals surface area contributed by atoms with Crippen LogP contribution in [-0.2, 0) is 25.6 Å². The molecule has 15 heteroatoms. The number of imidazole rings is 1. The summed E-state index contributed by atoms with van der Waals surface area (Å²) < 4.78 is 0. The number of unbranched alkanes of at least 4 members (excludes halogenated alkanes) is 1. The number of aromatic amines is 1. The molecule has 0 aliphatic heterocycles. The lowest BCUT2D eigenvalue weighted by Gasteiger charge is -2.26. The SMILES string of the molecule is CCC(C)C(N)C(=O)NC(CCCN=C(N)N)C(=O)NC(Cc1cnc[nH]1)C(=O)NC(CCCCN)C(=O)O. The van der Waals surface area contributed by atoms with Gasteiger partial charge in [-0.05, 0) is 44.6 Å². The number of hydrogen-bond acceptors (Lipinski definition) is 8. The predicted octanol–water partition coefficient (Wildman–Crippen LogP) is -1.95. The van der Waals surface area contributed by atoms with Crippen LogP contribution in [0, 0.1) is 5.92 Å². The molecule has 0 saturated carbocycles. The lowest BCUT2D eigenvalue weighted by Crippen LogP contribution is -2.58. The minimum Gasteiger partial charge on any atom is -0.480 e. The summed E-state index contributed by atoms with van der Waals surface area (Å²) in [6.07, 6.45) is 5.39. The molecule has 13 N–H and O–H groups in total. The molecule has 1 heterocycles. The number of aliphatic imine (C=N–C) groups is 1. The Bertz CT molecular complexity index is 936. The van der Waals surface area contributed by atoms with Gasteiger partial charge in [-0.25, -0.2) is 9.78 Å². The first-order valence-electron chi connectivity index (χ1n) is 13.1. The summed E-state index contributed by atoms with van der Waals surface area (Å²) in [6.45, 7) is 4.35. The van der Waals surface area contributed by atoms with E-state index in [2.05, 4.69) is 30.9 Å². The van der Waals surface area contributed by atoms with E-state index in [1.54, 1.807) is 0 Å². The minimum absolute atomic E-state index is 0.00770. The number of aromatic nitrogens is 2. The topological polar surface area (TPSA) is 270 Å². The van der Waals surface area contributed by atoms with Crippen LogP contribution in [0.5, 0.6) is 0 Å². The fourth-order valence-corrected chi connectivity index (χ4v) is 3.67. The van der Waals surface area contributed by atoms with Crippen LogP contribution in [0.15, 0.2) is 17.5 Å². The highest BCUT2D eigenvalue weighted by molar-refractivity contribution is 5.94. The largest absolute Gasteiger partial charge is 0.480 e. The van der Waals surface area contributed by atoms with Gasteiger partial charge in [0.25, 0.3) is 0 Å². The predicted molar refractivity (Wildman–Crippen MR) is 146 cm³/mol. The molecule has 39 heavy (non-hydrogen) atoms. The van der Waals surface area contributed by atoms with Crippen molar-refractivity contribution in [2.75, 3.05) is 13.1 Å². The molecule has 220 valence electrons. The number of carboxylic acid groups (broad SMARTS) is 1. The van der Waals surface area contributed by atoms with Gasteiger partial charge in [0.1, 0.15) is 18.1 Å². The molecule has 0 fully saturated rings. The third kappa shape index (κ3) is 12.6. The van der Waals surface area contributed by atoms with Crippen LogP contribution in [-0.4, -0.2) is 82.0 Å². The fourth-order valence-electron chi connectivity index (χ4n) is 3.67. The number of guanidine groups is 1. The first kappa shape index (κ1) is 33.3. The van der Waals surface area contributed by atoms with Crippen molar-refractivity contribution in [1.29, 1.82) is 0 Å². The number of amides is 3. The molecule has 1 aromatic rings. The van der Waals surface area contributed by atoms with Crippen LogP contribution in [0.25, 0.3) is 0 Å². The van der Waals surface area contributed by atoms with Crippen LogP contribution < -0.4 is 38.9 Å². The van der Waals surface area contributed by atoms with E-state index >= 15 is 0 Å². The molecule has 1 rings (SSSR count). The van der Waals surface area contributed by atoms with E-state index in [9.17, 15) is 24.3 Å². The van der Waals surface area contributed by atoms with Crippen LogP contribution in [0.1, 0.15) is 58.1 Å². The van der Waals surface area contributed by atoms with E-state index in [1.165, 1.54) is 12.5 Å². The summed E-state index contributed by atoms with van der Waals surface area (Å²) in [5.74, 6) is -3.27. The number of nitrogens with one attached hydrogen (secondary N) is 4. The molecule has 0 aliphatic carbocycles. The third-order valence-electron chi connectivity index (χ3n) is 6.31. The minimum atomic E-state index is -1.20. The maximum Gasteiger partial charge on any atom is 0.326 e. The van der Waals surface area contributed by atoms with Crippen LogP contribution in [0.4, 0.5) is 0 Å². The molecule has 3 amide bonds. The summed E-state index contributed by atoms with van der Waals surface area (Å²) >= 11 is 0. The number of carboxylic acids is 1. The highest BCUT2D eigenvalue weighted by Crippen LogP contribution is 2.09. The molecular weight excluding hydrogens is 508 g/mol. The zero-order valence-corrected chi connectivity index (χ0v) is 22.7. The Morgan fingerprint density at radius 3 is 2.18 bits per heavy atom. The molecule has 5 atom stereocenters. The van der Waals surface area contributed by atoms with Crippen molar-refractivity contribution >= 4 is 29.7 Å². The quantitative estimate of drug-likeness (QED) is 0.0519. The van der Waals surface area contributed by atoms with Crippen molar-refractivity contribution in [1.82, 2.24) is 25.9 Å². The van der Waals surface area contributed by atoms with Crippen molar-refractivity contribution in [3.8, 4) is 0 Å². The number of hydrogen-bond donors (Lipinski definition) is 9. The van der Waals surface area contributed by atoms with Gasteiger partial charge in [0.05, 0.1) is 12.4 Å². The van der Waals surface area contributed by atoms with Crippen LogP contribution in [0.3, 0.4) is 0 Å². The van der Waals surface area contributed by atoms with Crippen molar-refractivity contribution < 1.29 is 24.3 Å². The van der Waals surface area contributed by atoms with Gasteiger partial charge in [-0.15, -0.1) is 0 Å². The van der Waals surface area contributed by atoms with E-state index < -0.39 is 47.9 Å². The van der Waals surface area contributed by atoms with Crippen molar-refractivity contribution in [3.05, 3.63) is 18.2 Å². The molecule has 0 spiro atoms. The van der Waals surface area contributed by atoms with E-state index in [0.29, 0.717) is 37.9 Å². The van der Waals surface area contributed by atoms with Gasteiger partial charge < -0.3 is 49.0 Å². The molecule has 1 aromatic heterocycles. The van der Waals surface area contributed by atoms with Gasteiger partial charge >= 0.3 is 5.97 Å². The molecule has 0 aromatic carbocycles. The van der Waals surface area contributed by atoms with Gasteiger partial charge in [0.15, 0.2) is 5.96 Å². The van der Waals surface area contributed by atoms with E-state index in [4.69, 9.17) is 22.9 Å². The monoisotopic (exact) mass is 552 g/mol. The van der Waals surface area contributed by atoms with Crippen molar-refractivity contribution in [3.63, 3.8) is 0 Å². The highest BCUT2D eigenvalue weighted by atomic mass is 16.4. The first-order valence-corrected chi connectivity index (χ1v) is 13.1. The summed E-state index contributed by atoms with van der Waals surface area (Å²) in [5, 5.41) is 17.4. The molecule has 0 saturated heterocycles. The highest BCUT2D eigenvalue weighted by Gasteiger charge is 2.31. The maximum atomic E-state index is 13.4. The second-order valence-corrected chi connectivity index (χ2v) is 9.45. The van der Waals surface area contributed by atoms with Crippen molar-refractivity contribution in [2.24, 2.45) is 33.8 Å². The summed E-state index contributed by atoms with van der Waals surface area (Å²) in [5.41, 5.74) is 22.8. The lowest BCUT2D eigenvalue weighted by molar-refractivity contribution is -0.142. The Kier molecular flexibility index (Phi) is 15.1. The Morgan fingerprint density at radius 2 is 1.62 bits per heavy atom. The summed E-state index contributed by atoms with van der Waals surface area (Å²) in [6, 6.07) is -4.20. The normalized spacial score (nSPS) is 14.8. The molecule has 0 aliphatic rings. The molecule has 15 nitrogen and oxygen atoms in total. The number of rotatable bonds is 19. The Balaban J connectivity index is 3.09. The first-order chi connectivity index (χ1) is 18.5. The standard InChI is InChI=1S/C24H44N10O5/c1-3-14(2)19(26)22(37)32-16(8-6-10-30-24(27)28)20(35)34-18(11-15-12-29-13-31-15)21(36)33-17(23(38)39)7-4-5-9-25/h12-14,16-19H,3-11,25-26H2,1-2H3,(H,29,31)(H,32,37)(H,33,36)(H,34,35)(H,38,39)(H4,27,28,30). The average molecular weight is 553 g/mol. The Hall–Kier alpha value is -3.72. The van der Waals surface area contributed by atoms with Gasteiger partial charge in [-0.1, -0.05) is 20.3 Å². The second kappa shape index (κ2) is 17.7. The second-order valence-electron chi connectivity index (χ2n) is 9.45. The van der Waals surface area contributed by atoms with Gasteiger partial charge in [-0.2, -0.15) is 0 Å². The average Bonchev–Trinajstić information content (AvgIpc) is 3.41. The van der Waals surface area contributed by atoms with Crippen LogP contribution in [0.2, 0.25) is 0 Å². The maximum absolute atomic E-state index is 13.4. The molecule has 0 radical (unpaired) electrons. The zero-order chi connectivity index (χ0) is 29.4. The summed E-state index contributed by atoms with van der Waals surface area (Å²) in [4.78, 5) is 61.7. The number of nitrogens with two attached hydrogens (primary N) is 4. The van der Waals surface area contributed by atoms with Gasteiger partial charge in [0, 0.05) is 24.9 Å². The lowest BCUT2D eigenvalue weighted by atomic mass is 9.98. The van der Waals surface area contributed by atoms with E-state index in [-0.39, 0.29) is 37.7 Å². The number of H-pyrrole nitrogens is 1. The Morgan fingerprint density at radius 1 is 1.00 bits per heavy atom. The Labute approximate surface area is 228 Å². The van der Waals surface area contributed by atoms with Crippen molar-refractivity contribution in [2.45, 2.75) is 83.0 Å². The molecule has 0 bridgehead atoms. The van der Waals surface area contributed by atoms with Crippen LogP contribution >= 0.6 is 0 Å². The number of nitrogens with zero attached hydrogens (tertiary/aromatic N) is 2. The fraction of sp³-hybridized carbons (Fsp3) is 0.667. The third-order valence-corrected chi connectivity index (χ3v) is 6.31. The number of aliphatic carboxylic acids is 1. The summed E-state index contributed by atoms with van der Waals surface area (Å²) in [7, 11) is 0. The van der Waals surface area contributed by atoms with Gasteiger partial charge in [-0.3, -0.25) is 19.4 Å². The zero-order valence-electron chi connectivity index (χ0n) is 22.7. The number of carbonyl (C=O) groups excluding carboxylic acids is 3. The van der Waals surface area contributed by atoms with Gasteiger partial charge in [0.2, 0.25) is 17.7 Å². The number of carbonyl (C=O) groups is 4.